The van der Waals surface area contributed by atoms with Crippen molar-refractivity contribution in [2.75, 3.05) is 10.7 Å². The molecule has 0 saturated carbocycles. The fourth-order valence-electron chi connectivity index (χ4n) is 1.54. The monoisotopic (exact) mass is 231 g/mol. The molecule has 0 radical (unpaired) electrons. The Balaban J connectivity index is 2.08. The molecule has 0 fully saturated rings. The first-order valence-electron chi connectivity index (χ1n) is 5.33. The Kier molecular flexibility index (Phi) is 3.57. The molecule has 2 aromatic rings. The normalized spacial score (nSPS) is 10.0. The molecule has 0 aliphatic rings. The second kappa shape index (κ2) is 5.32. The highest BCUT2D eigenvalue weighted by Crippen LogP contribution is 2.19. The molecule has 4 heteroatoms. The fraction of sp³-hybridized carbons (Fsp3) is 0.0769. The molecular formula is C13H14FN3. The van der Waals surface area contributed by atoms with Crippen LogP contribution in [0.5, 0.6) is 0 Å². The lowest BCUT2D eigenvalue weighted by molar-refractivity contribution is 0.630. The van der Waals surface area contributed by atoms with Gasteiger partial charge in [-0.1, -0.05) is 30.3 Å². The van der Waals surface area contributed by atoms with Crippen molar-refractivity contribution in [1.29, 1.82) is 0 Å². The van der Waals surface area contributed by atoms with Gasteiger partial charge in [-0.2, -0.15) is 0 Å². The van der Waals surface area contributed by atoms with Crippen molar-refractivity contribution in [3.05, 3.63) is 59.9 Å². The van der Waals surface area contributed by atoms with Crippen molar-refractivity contribution in [2.45, 2.75) is 6.54 Å². The van der Waals surface area contributed by atoms with Gasteiger partial charge in [0.05, 0.1) is 11.4 Å². The molecule has 0 aliphatic carbocycles. The zero-order valence-corrected chi connectivity index (χ0v) is 9.28. The van der Waals surface area contributed by atoms with Crippen molar-refractivity contribution in [1.82, 2.24) is 0 Å². The van der Waals surface area contributed by atoms with Gasteiger partial charge in [-0.3, -0.25) is 5.84 Å². The lowest BCUT2D eigenvalue weighted by atomic mass is 10.2. The van der Waals surface area contributed by atoms with Crippen LogP contribution in [0.15, 0.2) is 48.5 Å². The predicted molar refractivity (Wildman–Crippen MR) is 68.0 cm³/mol. The van der Waals surface area contributed by atoms with Crippen molar-refractivity contribution >= 4 is 11.4 Å². The van der Waals surface area contributed by atoms with Gasteiger partial charge in [0, 0.05) is 6.54 Å². The van der Waals surface area contributed by atoms with Crippen LogP contribution in [-0.2, 0) is 6.54 Å². The smallest absolute Gasteiger partial charge is 0.146 e. The Bertz CT molecular complexity index is 485. The molecule has 0 heterocycles. The summed E-state index contributed by atoms with van der Waals surface area (Å²) in [5.41, 5.74) is 4.68. The lowest BCUT2D eigenvalue weighted by Gasteiger charge is -2.09. The Morgan fingerprint density at radius 2 is 1.82 bits per heavy atom. The van der Waals surface area contributed by atoms with Crippen molar-refractivity contribution in [2.24, 2.45) is 5.84 Å². The number of rotatable bonds is 4. The Morgan fingerprint density at radius 3 is 2.53 bits per heavy atom. The van der Waals surface area contributed by atoms with E-state index in [1.807, 2.05) is 30.3 Å². The SMILES string of the molecule is NNc1ccc(F)c(NCc2ccccc2)c1. The van der Waals surface area contributed by atoms with Crippen molar-refractivity contribution < 1.29 is 4.39 Å². The first-order valence-corrected chi connectivity index (χ1v) is 5.33. The van der Waals surface area contributed by atoms with Gasteiger partial charge in [0.25, 0.3) is 0 Å². The molecule has 17 heavy (non-hydrogen) atoms. The summed E-state index contributed by atoms with van der Waals surface area (Å²) in [6.07, 6.45) is 0. The molecule has 0 spiro atoms. The van der Waals surface area contributed by atoms with E-state index in [0.717, 1.165) is 5.56 Å². The zero-order valence-electron chi connectivity index (χ0n) is 9.28. The molecule has 88 valence electrons. The molecule has 4 N–H and O–H groups in total. The molecular weight excluding hydrogens is 217 g/mol. The molecule has 3 nitrogen and oxygen atoms in total. The van der Waals surface area contributed by atoms with E-state index in [9.17, 15) is 4.39 Å². The highest BCUT2D eigenvalue weighted by atomic mass is 19.1. The molecule has 0 saturated heterocycles. The summed E-state index contributed by atoms with van der Waals surface area (Å²) >= 11 is 0. The summed E-state index contributed by atoms with van der Waals surface area (Å²) in [6.45, 7) is 0.575. The number of benzene rings is 2. The second-order valence-electron chi connectivity index (χ2n) is 3.68. The summed E-state index contributed by atoms with van der Waals surface area (Å²) in [5, 5.41) is 3.03. The maximum Gasteiger partial charge on any atom is 0.146 e. The molecule has 0 atom stereocenters. The quantitative estimate of drug-likeness (QED) is 0.560. The second-order valence-corrected chi connectivity index (χ2v) is 3.68. The Hall–Kier alpha value is -2.07. The van der Waals surface area contributed by atoms with Crippen molar-refractivity contribution in [3.63, 3.8) is 0 Å². The largest absolute Gasteiger partial charge is 0.379 e. The van der Waals surface area contributed by atoms with Crippen LogP contribution < -0.4 is 16.6 Å². The number of hydrazine groups is 1. The van der Waals surface area contributed by atoms with Gasteiger partial charge < -0.3 is 10.7 Å². The number of nitrogens with two attached hydrogens (primary N) is 1. The lowest BCUT2D eigenvalue weighted by Crippen LogP contribution is -2.08. The van der Waals surface area contributed by atoms with E-state index in [1.54, 1.807) is 12.1 Å². The number of hydrogen-bond acceptors (Lipinski definition) is 3. The van der Waals surface area contributed by atoms with Gasteiger partial charge in [0.15, 0.2) is 0 Å². The van der Waals surface area contributed by atoms with Gasteiger partial charge in [-0.15, -0.1) is 0 Å². The summed E-state index contributed by atoms with van der Waals surface area (Å²) in [4.78, 5) is 0. The number of nitrogens with one attached hydrogen (secondary N) is 2. The number of nitrogen functional groups attached to an aromatic ring is 1. The van der Waals surface area contributed by atoms with Crippen LogP contribution in [0, 0.1) is 5.82 Å². The first kappa shape index (κ1) is 11.4. The molecule has 0 amide bonds. The maximum atomic E-state index is 13.5. The molecule has 0 bridgehead atoms. The third kappa shape index (κ3) is 2.95. The third-order valence-electron chi connectivity index (χ3n) is 2.46. The minimum atomic E-state index is -0.292. The number of halogens is 1. The Morgan fingerprint density at radius 1 is 1.06 bits per heavy atom. The van der Waals surface area contributed by atoms with E-state index in [4.69, 9.17) is 5.84 Å². The van der Waals surface area contributed by atoms with Gasteiger partial charge in [-0.25, -0.2) is 4.39 Å². The van der Waals surface area contributed by atoms with Crippen LogP contribution in [0.25, 0.3) is 0 Å². The van der Waals surface area contributed by atoms with E-state index in [1.165, 1.54) is 6.07 Å². The van der Waals surface area contributed by atoms with Crippen LogP contribution >= 0.6 is 0 Å². The van der Waals surface area contributed by atoms with E-state index < -0.39 is 0 Å². The van der Waals surface area contributed by atoms with Gasteiger partial charge in [-0.05, 0) is 23.8 Å². The zero-order chi connectivity index (χ0) is 12.1. The van der Waals surface area contributed by atoms with Gasteiger partial charge in [0.2, 0.25) is 0 Å². The minimum absolute atomic E-state index is 0.292. The average Bonchev–Trinajstić information content (AvgIpc) is 2.39. The minimum Gasteiger partial charge on any atom is -0.379 e. The molecule has 0 unspecified atom stereocenters. The van der Waals surface area contributed by atoms with Gasteiger partial charge in [0.1, 0.15) is 5.82 Å². The van der Waals surface area contributed by atoms with Crippen LogP contribution in [0.4, 0.5) is 15.8 Å². The van der Waals surface area contributed by atoms with Gasteiger partial charge >= 0.3 is 0 Å². The molecule has 2 rings (SSSR count). The van der Waals surface area contributed by atoms with Crippen LogP contribution in [-0.4, -0.2) is 0 Å². The number of hydrogen-bond donors (Lipinski definition) is 3. The summed E-state index contributed by atoms with van der Waals surface area (Å²) < 4.78 is 13.5. The van der Waals surface area contributed by atoms with Crippen LogP contribution in [0.1, 0.15) is 5.56 Å². The van der Waals surface area contributed by atoms with Crippen LogP contribution in [0.3, 0.4) is 0 Å². The first-order chi connectivity index (χ1) is 8.29. The predicted octanol–water partition coefficient (Wildman–Crippen LogP) is 2.72. The highest BCUT2D eigenvalue weighted by molar-refractivity contribution is 5.57. The number of anilines is 2. The van der Waals surface area contributed by atoms with E-state index in [2.05, 4.69) is 10.7 Å². The third-order valence-corrected chi connectivity index (χ3v) is 2.46. The van der Waals surface area contributed by atoms with E-state index in [-0.39, 0.29) is 5.82 Å². The van der Waals surface area contributed by atoms with Crippen LogP contribution in [0.2, 0.25) is 0 Å². The summed E-state index contributed by atoms with van der Waals surface area (Å²) in [7, 11) is 0. The average molecular weight is 231 g/mol. The summed E-state index contributed by atoms with van der Waals surface area (Å²) in [6, 6.07) is 14.4. The standard InChI is InChI=1S/C13H14FN3/c14-12-7-6-11(17-15)8-13(12)16-9-10-4-2-1-3-5-10/h1-8,16-17H,9,15H2. The molecule has 0 aliphatic heterocycles. The fourth-order valence-corrected chi connectivity index (χ4v) is 1.54. The molecule has 0 aromatic heterocycles. The van der Waals surface area contributed by atoms with E-state index in [0.29, 0.717) is 17.9 Å². The topological polar surface area (TPSA) is 50.1 Å². The van der Waals surface area contributed by atoms with Crippen molar-refractivity contribution in [3.8, 4) is 0 Å². The highest BCUT2D eigenvalue weighted by Gasteiger charge is 2.02. The van der Waals surface area contributed by atoms with E-state index >= 15 is 0 Å². The Labute approximate surface area is 99.4 Å². The summed E-state index contributed by atoms with van der Waals surface area (Å²) in [5.74, 6) is 4.98. The maximum absolute atomic E-state index is 13.5. The molecule has 2 aromatic carbocycles.